The number of anilines is 1. The molecular formula is C23H19FN4O3. The topological polar surface area (TPSA) is 94.1 Å². The quantitative estimate of drug-likeness (QED) is 0.231. The van der Waals surface area contributed by atoms with E-state index in [1.807, 2.05) is 30.3 Å². The minimum Gasteiger partial charge on any atom is -0.441 e. The minimum atomic E-state index is -0.482. The summed E-state index contributed by atoms with van der Waals surface area (Å²) in [5.74, 6) is 1.12. The number of nitrogens with one attached hydrogen (secondary N) is 1. The van der Waals surface area contributed by atoms with Crippen molar-refractivity contribution in [2.24, 2.45) is 0 Å². The largest absolute Gasteiger partial charge is 0.441 e. The van der Waals surface area contributed by atoms with Crippen molar-refractivity contribution in [3.63, 3.8) is 0 Å². The molecule has 2 aromatic heterocycles. The number of hydrogen-bond donors (Lipinski definition) is 1. The average Bonchev–Trinajstić information content (AvgIpc) is 3.27. The number of aryl methyl sites for hydroxylation is 1. The zero-order chi connectivity index (χ0) is 21.6. The van der Waals surface area contributed by atoms with Crippen LogP contribution in [-0.4, -0.2) is 21.4 Å². The molecule has 0 bridgehead atoms. The molecule has 0 amide bonds. The van der Waals surface area contributed by atoms with Gasteiger partial charge in [0.15, 0.2) is 11.7 Å². The summed E-state index contributed by atoms with van der Waals surface area (Å²) in [7, 11) is 0. The molecule has 156 valence electrons. The number of nitro groups is 1. The molecule has 1 N–H and O–H groups in total. The van der Waals surface area contributed by atoms with Gasteiger partial charge in [0.2, 0.25) is 5.82 Å². The van der Waals surface area contributed by atoms with Gasteiger partial charge in [0, 0.05) is 30.2 Å². The Kier molecular flexibility index (Phi) is 5.98. The van der Waals surface area contributed by atoms with Crippen molar-refractivity contribution in [3.05, 3.63) is 94.7 Å². The highest BCUT2D eigenvalue weighted by Gasteiger charge is 2.16. The molecule has 0 unspecified atom stereocenters. The molecule has 8 heteroatoms. The molecule has 4 aromatic rings. The third-order valence-corrected chi connectivity index (χ3v) is 4.68. The molecule has 0 saturated carbocycles. The van der Waals surface area contributed by atoms with Crippen molar-refractivity contribution in [2.45, 2.75) is 12.8 Å². The molecule has 0 aliphatic carbocycles. The molecule has 7 nitrogen and oxygen atoms in total. The van der Waals surface area contributed by atoms with Crippen LogP contribution in [0.4, 0.5) is 15.9 Å². The highest BCUT2D eigenvalue weighted by atomic mass is 19.1. The van der Waals surface area contributed by atoms with Crippen LogP contribution in [0.5, 0.6) is 0 Å². The van der Waals surface area contributed by atoms with Gasteiger partial charge in [-0.05, 0) is 36.8 Å². The second kappa shape index (κ2) is 9.17. The molecule has 2 aromatic carbocycles. The van der Waals surface area contributed by atoms with E-state index in [1.165, 1.54) is 18.2 Å². The molecule has 0 radical (unpaired) electrons. The van der Waals surface area contributed by atoms with Crippen LogP contribution in [0.2, 0.25) is 0 Å². The van der Waals surface area contributed by atoms with Crippen molar-refractivity contribution in [1.29, 1.82) is 0 Å². The number of aromatic nitrogens is 2. The van der Waals surface area contributed by atoms with Gasteiger partial charge in [-0.15, -0.1) is 0 Å². The summed E-state index contributed by atoms with van der Waals surface area (Å²) in [6.45, 7) is 0.448. The number of oxazole rings is 1. The van der Waals surface area contributed by atoms with Gasteiger partial charge >= 0.3 is 5.69 Å². The van der Waals surface area contributed by atoms with E-state index in [9.17, 15) is 14.5 Å². The van der Waals surface area contributed by atoms with E-state index in [4.69, 9.17) is 4.42 Å². The normalized spacial score (nSPS) is 10.7. The van der Waals surface area contributed by atoms with Gasteiger partial charge in [0.05, 0.1) is 16.8 Å². The minimum absolute atomic E-state index is 0.117. The Morgan fingerprint density at radius 2 is 1.77 bits per heavy atom. The van der Waals surface area contributed by atoms with E-state index < -0.39 is 4.92 Å². The standard InChI is InChI=1S/C23H19FN4O3/c24-18-10-8-16(9-11-18)19-12-13-20(28(29)30)23(27-19)25-14-4-7-22-26-15-21(31-22)17-5-2-1-3-6-17/h1-3,5-6,8-13,15H,4,7,14H2,(H,25,27). The highest BCUT2D eigenvalue weighted by molar-refractivity contribution is 5.66. The number of benzene rings is 2. The van der Waals surface area contributed by atoms with Crippen LogP contribution in [0.15, 0.2) is 77.3 Å². The second-order valence-electron chi connectivity index (χ2n) is 6.84. The first-order valence-corrected chi connectivity index (χ1v) is 9.75. The van der Waals surface area contributed by atoms with E-state index >= 15 is 0 Å². The van der Waals surface area contributed by atoms with E-state index in [2.05, 4.69) is 15.3 Å². The Labute approximate surface area is 177 Å². The lowest BCUT2D eigenvalue weighted by molar-refractivity contribution is -0.384. The van der Waals surface area contributed by atoms with E-state index in [1.54, 1.807) is 24.4 Å². The number of rotatable bonds is 8. The number of nitrogens with zero attached hydrogens (tertiary/aromatic N) is 3. The Bertz CT molecular complexity index is 1180. The second-order valence-corrected chi connectivity index (χ2v) is 6.84. The number of halogens is 1. The third-order valence-electron chi connectivity index (χ3n) is 4.68. The van der Waals surface area contributed by atoms with Crippen LogP contribution < -0.4 is 5.32 Å². The number of pyridine rings is 1. The van der Waals surface area contributed by atoms with Crippen molar-refractivity contribution < 1.29 is 13.7 Å². The van der Waals surface area contributed by atoms with Crippen molar-refractivity contribution in [2.75, 3.05) is 11.9 Å². The summed E-state index contributed by atoms with van der Waals surface area (Å²) in [4.78, 5) is 19.5. The smallest absolute Gasteiger partial charge is 0.311 e. The van der Waals surface area contributed by atoms with Crippen molar-refractivity contribution in [1.82, 2.24) is 9.97 Å². The Hall–Kier alpha value is -4.07. The lowest BCUT2D eigenvalue weighted by atomic mass is 10.1. The van der Waals surface area contributed by atoms with Crippen LogP contribution >= 0.6 is 0 Å². The predicted octanol–water partition coefficient (Wildman–Crippen LogP) is 5.50. The fourth-order valence-corrected chi connectivity index (χ4v) is 3.12. The first kappa shape index (κ1) is 20.2. The Morgan fingerprint density at radius 1 is 1.00 bits per heavy atom. The summed E-state index contributed by atoms with van der Waals surface area (Å²) >= 11 is 0. The SMILES string of the molecule is O=[N+]([O-])c1ccc(-c2ccc(F)cc2)nc1NCCCc1ncc(-c2ccccc2)o1. The van der Waals surface area contributed by atoms with Crippen LogP contribution in [0.3, 0.4) is 0 Å². The molecule has 0 fully saturated rings. The van der Waals surface area contributed by atoms with Gasteiger partial charge in [0.25, 0.3) is 0 Å². The van der Waals surface area contributed by atoms with Gasteiger partial charge in [0.1, 0.15) is 5.82 Å². The van der Waals surface area contributed by atoms with Crippen molar-refractivity contribution in [3.8, 4) is 22.6 Å². The van der Waals surface area contributed by atoms with Gasteiger partial charge in [-0.2, -0.15) is 0 Å². The van der Waals surface area contributed by atoms with Gasteiger partial charge in [-0.3, -0.25) is 10.1 Å². The van der Waals surface area contributed by atoms with Crippen LogP contribution in [0.25, 0.3) is 22.6 Å². The van der Waals surface area contributed by atoms with Gasteiger partial charge in [-0.25, -0.2) is 14.4 Å². The third kappa shape index (κ3) is 4.92. The predicted molar refractivity (Wildman–Crippen MR) is 115 cm³/mol. The molecule has 0 aliphatic rings. The lowest BCUT2D eigenvalue weighted by Crippen LogP contribution is -2.08. The summed E-state index contributed by atoms with van der Waals surface area (Å²) in [5.41, 5.74) is 2.03. The monoisotopic (exact) mass is 418 g/mol. The fraction of sp³-hybridized carbons (Fsp3) is 0.130. The maximum Gasteiger partial charge on any atom is 0.311 e. The number of hydrogen-bond acceptors (Lipinski definition) is 6. The average molecular weight is 418 g/mol. The van der Waals surface area contributed by atoms with Crippen molar-refractivity contribution >= 4 is 11.5 Å². The Balaban J connectivity index is 1.40. The molecular weight excluding hydrogens is 399 g/mol. The van der Waals surface area contributed by atoms with Crippen LogP contribution in [0.1, 0.15) is 12.3 Å². The molecule has 31 heavy (non-hydrogen) atoms. The maximum absolute atomic E-state index is 13.2. The lowest BCUT2D eigenvalue weighted by Gasteiger charge is -2.08. The van der Waals surface area contributed by atoms with Crippen LogP contribution in [-0.2, 0) is 6.42 Å². The highest BCUT2D eigenvalue weighted by Crippen LogP contribution is 2.27. The molecule has 0 saturated heterocycles. The zero-order valence-electron chi connectivity index (χ0n) is 16.5. The molecule has 0 spiro atoms. The molecule has 0 atom stereocenters. The van der Waals surface area contributed by atoms with Gasteiger partial charge in [-0.1, -0.05) is 30.3 Å². The van der Waals surface area contributed by atoms with Crippen LogP contribution in [0, 0.1) is 15.9 Å². The first-order chi connectivity index (χ1) is 15.1. The molecule has 2 heterocycles. The zero-order valence-corrected chi connectivity index (χ0v) is 16.5. The summed E-state index contributed by atoms with van der Waals surface area (Å²) < 4.78 is 18.9. The van der Waals surface area contributed by atoms with E-state index in [0.717, 1.165) is 5.56 Å². The van der Waals surface area contributed by atoms with Gasteiger partial charge < -0.3 is 9.73 Å². The summed E-state index contributed by atoms with van der Waals surface area (Å²) in [6.07, 6.45) is 2.91. The maximum atomic E-state index is 13.2. The molecule has 0 aliphatic heterocycles. The van der Waals surface area contributed by atoms with E-state index in [-0.39, 0.29) is 17.3 Å². The summed E-state index contributed by atoms with van der Waals surface area (Å²) in [6, 6.07) is 18.5. The molecule has 4 rings (SSSR count). The first-order valence-electron chi connectivity index (χ1n) is 9.75. The fourth-order valence-electron chi connectivity index (χ4n) is 3.12. The van der Waals surface area contributed by atoms with E-state index in [0.29, 0.717) is 42.3 Å². The Morgan fingerprint density at radius 3 is 2.52 bits per heavy atom. The summed E-state index contributed by atoms with van der Waals surface area (Å²) in [5, 5.41) is 14.4.